The van der Waals surface area contributed by atoms with Gasteiger partial charge in [0.15, 0.2) is 0 Å². The first-order valence-electron chi connectivity index (χ1n) is 8.64. The van der Waals surface area contributed by atoms with Gasteiger partial charge in [0.2, 0.25) is 0 Å². The Labute approximate surface area is 143 Å². The SMILES string of the molecule is Cc1nc([C@@H](C)Cn2nc(C)c(C)c2C)cc(N2CCOCC2)n1. The fourth-order valence-corrected chi connectivity index (χ4v) is 3.10. The summed E-state index contributed by atoms with van der Waals surface area (Å²) in [5.41, 5.74) is 4.69. The Bertz CT molecular complexity index is 718. The second-order valence-electron chi connectivity index (χ2n) is 6.68. The van der Waals surface area contributed by atoms with Crippen molar-refractivity contribution in [3.05, 3.63) is 34.5 Å². The minimum atomic E-state index is 0.281. The summed E-state index contributed by atoms with van der Waals surface area (Å²) in [6.07, 6.45) is 0. The van der Waals surface area contributed by atoms with Crippen molar-refractivity contribution in [3.8, 4) is 0 Å². The van der Waals surface area contributed by atoms with Gasteiger partial charge in [-0.15, -0.1) is 0 Å². The molecule has 3 rings (SSSR count). The second kappa shape index (κ2) is 6.89. The molecule has 1 atom stereocenters. The summed E-state index contributed by atoms with van der Waals surface area (Å²) in [6, 6.07) is 2.13. The molecule has 0 bridgehead atoms. The maximum atomic E-state index is 5.44. The summed E-state index contributed by atoms with van der Waals surface area (Å²) in [5.74, 6) is 2.12. The van der Waals surface area contributed by atoms with Crippen LogP contribution in [-0.2, 0) is 11.3 Å². The van der Waals surface area contributed by atoms with E-state index in [0.29, 0.717) is 0 Å². The van der Waals surface area contributed by atoms with Gasteiger partial charge in [-0.1, -0.05) is 6.92 Å². The monoisotopic (exact) mass is 329 g/mol. The average molecular weight is 329 g/mol. The van der Waals surface area contributed by atoms with Crippen molar-refractivity contribution in [2.75, 3.05) is 31.2 Å². The normalized spacial score (nSPS) is 16.5. The van der Waals surface area contributed by atoms with E-state index < -0.39 is 0 Å². The standard InChI is InChI=1S/C18H27N5O/c1-12(11-23-15(4)13(2)14(3)21-23)17-10-18(20-16(5)19-17)22-6-8-24-9-7-22/h10,12H,6-9,11H2,1-5H3/t12-/m0/s1. The maximum Gasteiger partial charge on any atom is 0.132 e. The van der Waals surface area contributed by atoms with E-state index in [-0.39, 0.29) is 5.92 Å². The van der Waals surface area contributed by atoms with E-state index in [1.165, 1.54) is 11.3 Å². The van der Waals surface area contributed by atoms with Gasteiger partial charge >= 0.3 is 0 Å². The molecule has 0 amide bonds. The number of hydrogen-bond donors (Lipinski definition) is 0. The molecular weight excluding hydrogens is 302 g/mol. The minimum absolute atomic E-state index is 0.281. The molecule has 24 heavy (non-hydrogen) atoms. The highest BCUT2D eigenvalue weighted by Gasteiger charge is 2.18. The lowest BCUT2D eigenvalue weighted by Crippen LogP contribution is -2.37. The van der Waals surface area contributed by atoms with Crippen LogP contribution in [0.15, 0.2) is 6.07 Å². The number of aryl methyl sites for hydroxylation is 2. The number of anilines is 1. The van der Waals surface area contributed by atoms with Crippen molar-refractivity contribution < 1.29 is 4.74 Å². The molecule has 0 radical (unpaired) electrons. The molecular formula is C18H27N5O. The van der Waals surface area contributed by atoms with Gasteiger partial charge in [0.05, 0.1) is 24.6 Å². The molecule has 1 saturated heterocycles. The van der Waals surface area contributed by atoms with Gasteiger partial charge < -0.3 is 9.64 Å². The van der Waals surface area contributed by atoms with Gasteiger partial charge in [0.25, 0.3) is 0 Å². The maximum absolute atomic E-state index is 5.44. The van der Waals surface area contributed by atoms with Crippen molar-refractivity contribution in [1.82, 2.24) is 19.7 Å². The summed E-state index contributed by atoms with van der Waals surface area (Å²) in [6.45, 7) is 14.6. The summed E-state index contributed by atoms with van der Waals surface area (Å²) in [7, 11) is 0. The van der Waals surface area contributed by atoms with Gasteiger partial charge in [-0.05, 0) is 33.3 Å². The number of nitrogens with zero attached hydrogens (tertiary/aromatic N) is 5. The Balaban J connectivity index is 1.82. The van der Waals surface area contributed by atoms with Crippen LogP contribution in [0, 0.1) is 27.7 Å². The smallest absolute Gasteiger partial charge is 0.132 e. The zero-order chi connectivity index (χ0) is 17.3. The number of rotatable bonds is 4. The fourth-order valence-electron chi connectivity index (χ4n) is 3.10. The van der Waals surface area contributed by atoms with E-state index in [9.17, 15) is 0 Å². The molecule has 3 heterocycles. The first-order valence-corrected chi connectivity index (χ1v) is 8.64. The van der Waals surface area contributed by atoms with Crippen molar-refractivity contribution in [2.24, 2.45) is 0 Å². The van der Waals surface area contributed by atoms with Crippen LogP contribution in [0.5, 0.6) is 0 Å². The van der Waals surface area contributed by atoms with Crippen molar-refractivity contribution in [2.45, 2.75) is 47.1 Å². The molecule has 0 spiro atoms. The topological polar surface area (TPSA) is 56.1 Å². The van der Waals surface area contributed by atoms with Gasteiger partial charge in [-0.2, -0.15) is 5.10 Å². The van der Waals surface area contributed by atoms with E-state index in [2.05, 4.69) is 58.4 Å². The van der Waals surface area contributed by atoms with Crippen LogP contribution in [0.25, 0.3) is 0 Å². The molecule has 0 N–H and O–H groups in total. The molecule has 130 valence electrons. The molecule has 2 aromatic rings. The molecule has 1 aliphatic rings. The van der Waals surface area contributed by atoms with Crippen LogP contribution in [-0.4, -0.2) is 46.1 Å². The van der Waals surface area contributed by atoms with Crippen molar-refractivity contribution in [3.63, 3.8) is 0 Å². The van der Waals surface area contributed by atoms with Gasteiger partial charge in [0.1, 0.15) is 11.6 Å². The van der Waals surface area contributed by atoms with Crippen LogP contribution in [0.2, 0.25) is 0 Å². The predicted molar refractivity (Wildman–Crippen MR) is 94.7 cm³/mol. The van der Waals surface area contributed by atoms with Crippen LogP contribution >= 0.6 is 0 Å². The number of ether oxygens (including phenoxy) is 1. The molecule has 0 aromatic carbocycles. The number of aromatic nitrogens is 4. The summed E-state index contributed by atoms with van der Waals surface area (Å²) < 4.78 is 7.54. The van der Waals surface area contributed by atoms with E-state index in [4.69, 9.17) is 4.74 Å². The van der Waals surface area contributed by atoms with Gasteiger partial charge in [0, 0.05) is 37.3 Å². The zero-order valence-corrected chi connectivity index (χ0v) is 15.3. The quantitative estimate of drug-likeness (QED) is 0.863. The summed E-state index contributed by atoms with van der Waals surface area (Å²) in [4.78, 5) is 11.6. The van der Waals surface area contributed by atoms with E-state index in [0.717, 1.165) is 55.9 Å². The molecule has 6 heteroatoms. The zero-order valence-electron chi connectivity index (χ0n) is 15.3. The lowest BCUT2D eigenvalue weighted by atomic mass is 10.1. The Morgan fingerprint density at radius 1 is 1.12 bits per heavy atom. The molecule has 0 aliphatic carbocycles. The molecule has 0 unspecified atom stereocenters. The molecule has 1 fully saturated rings. The molecule has 6 nitrogen and oxygen atoms in total. The van der Waals surface area contributed by atoms with E-state index in [1.54, 1.807) is 0 Å². The van der Waals surface area contributed by atoms with Gasteiger partial charge in [-0.3, -0.25) is 4.68 Å². The second-order valence-corrected chi connectivity index (χ2v) is 6.68. The third-order valence-corrected chi connectivity index (χ3v) is 4.87. The third-order valence-electron chi connectivity index (χ3n) is 4.87. The van der Waals surface area contributed by atoms with Crippen LogP contribution in [0.1, 0.15) is 41.3 Å². The first kappa shape index (κ1) is 16.9. The average Bonchev–Trinajstić information content (AvgIpc) is 2.82. The predicted octanol–water partition coefficient (Wildman–Crippen LogP) is 2.55. The van der Waals surface area contributed by atoms with Crippen LogP contribution in [0.4, 0.5) is 5.82 Å². The molecule has 2 aromatic heterocycles. The summed E-state index contributed by atoms with van der Waals surface area (Å²) in [5, 5.41) is 4.66. The highest BCUT2D eigenvalue weighted by atomic mass is 16.5. The highest BCUT2D eigenvalue weighted by Crippen LogP contribution is 2.22. The Morgan fingerprint density at radius 2 is 1.83 bits per heavy atom. The fraction of sp³-hybridized carbons (Fsp3) is 0.611. The molecule has 0 saturated carbocycles. The van der Waals surface area contributed by atoms with Gasteiger partial charge in [-0.25, -0.2) is 9.97 Å². The van der Waals surface area contributed by atoms with Crippen LogP contribution < -0.4 is 4.90 Å². The lowest BCUT2D eigenvalue weighted by molar-refractivity contribution is 0.122. The van der Waals surface area contributed by atoms with Crippen molar-refractivity contribution in [1.29, 1.82) is 0 Å². The lowest BCUT2D eigenvalue weighted by Gasteiger charge is -2.28. The van der Waals surface area contributed by atoms with E-state index >= 15 is 0 Å². The minimum Gasteiger partial charge on any atom is -0.378 e. The number of hydrogen-bond acceptors (Lipinski definition) is 5. The number of morpholine rings is 1. The molecule has 1 aliphatic heterocycles. The van der Waals surface area contributed by atoms with Crippen LogP contribution in [0.3, 0.4) is 0 Å². The highest BCUT2D eigenvalue weighted by molar-refractivity contribution is 5.41. The largest absolute Gasteiger partial charge is 0.378 e. The van der Waals surface area contributed by atoms with Crippen molar-refractivity contribution >= 4 is 5.82 Å². The third kappa shape index (κ3) is 3.43. The first-order chi connectivity index (χ1) is 11.5. The summed E-state index contributed by atoms with van der Waals surface area (Å²) >= 11 is 0. The Morgan fingerprint density at radius 3 is 2.46 bits per heavy atom. The van der Waals surface area contributed by atoms with E-state index in [1.807, 2.05) is 6.92 Å². The Hall–Kier alpha value is -1.95. The Kier molecular flexibility index (Phi) is 4.85.